The maximum absolute atomic E-state index is 12.7. The highest BCUT2D eigenvalue weighted by molar-refractivity contribution is 4.85. The van der Waals surface area contributed by atoms with Crippen molar-refractivity contribution < 1.29 is 17.9 Å². The Bertz CT molecular complexity index is 245. The fourth-order valence-electron chi connectivity index (χ4n) is 2.84. The molecule has 18 heavy (non-hydrogen) atoms. The van der Waals surface area contributed by atoms with E-state index in [0.29, 0.717) is 13.0 Å². The first-order valence-corrected chi connectivity index (χ1v) is 6.67. The molecule has 2 N–H and O–H groups in total. The molecule has 0 radical (unpaired) electrons. The van der Waals surface area contributed by atoms with Crippen LogP contribution >= 0.6 is 0 Å². The second-order valence-electron chi connectivity index (χ2n) is 5.50. The molecule has 1 saturated carbocycles. The fourth-order valence-corrected chi connectivity index (χ4v) is 2.84. The van der Waals surface area contributed by atoms with Gasteiger partial charge in [0.15, 0.2) is 0 Å². The molecule has 0 spiro atoms. The summed E-state index contributed by atoms with van der Waals surface area (Å²) in [7, 11) is 1.62. The second-order valence-corrected chi connectivity index (χ2v) is 5.50. The van der Waals surface area contributed by atoms with Crippen LogP contribution < -0.4 is 5.73 Å². The van der Waals surface area contributed by atoms with Gasteiger partial charge in [-0.15, -0.1) is 0 Å². The average Bonchev–Trinajstić information content (AvgIpc) is 2.34. The minimum atomic E-state index is -4.06. The Morgan fingerprint density at radius 3 is 2.56 bits per heavy atom. The van der Waals surface area contributed by atoms with Crippen LogP contribution in [0.4, 0.5) is 13.2 Å². The maximum atomic E-state index is 12.7. The van der Waals surface area contributed by atoms with E-state index in [0.717, 1.165) is 12.8 Å². The van der Waals surface area contributed by atoms with Crippen molar-refractivity contribution in [2.45, 2.75) is 51.2 Å². The lowest BCUT2D eigenvalue weighted by molar-refractivity contribution is -0.186. The van der Waals surface area contributed by atoms with Gasteiger partial charge >= 0.3 is 6.18 Å². The van der Waals surface area contributed by atoms with Crippen LogP contribution in [0.25, 0.3) is 0 Å². The first kappa shape index (κ1) is 15.8. The second kappa shape index (κ2) is 6.75. The SMILES string of the molecule is COCCC(C)C(N)C1CCCC(C(F)(F)F)C1. The van der Waals surface area contributed by atoms with E-state index in [2.05, 4.69) is 0 Å². The lowest BCUT2D eigenvalue weighted by Crippen LogP contribution is -2.41. The third-order valence-electron chi connectivity index (χ3n) is 4.16. The zero-order valence-electron chi connectivity index (χ0n) is 11.2. The molecule has 0 aromatic carbocycles. The molecular formula is C13H24F3NO. The average molecular weight is 267 g/mol. The molecule has 0 aliphatic heterocycles. The smallest absolute Gasteiger partial charge is 0.385 e. The molecule has 1 rings (SSSR count). The van der Waals surface area contributed by atoms with Crippen molar-refractivity contribution in [3.63, 3.8) is 0 Å². The van der Waals surface area contributed by atoms with Gasteiger partial charge in [0.25, 0.3) is 0 Å². The Morgan fingerprint density at radius 1 is 1.33 bits per heavy atom. The summed E-state index contributed by atoms with van der Waals surface area (Å²) in [6.07, 6.45) is -1.33. The van der Waals surface area contributed by atoms with Crippen LogP contribution in [0.1, 0.15) is 39.0 Å². The van der Waals surface area contributed by atoms with Crippen molar-refractivity contribution in [3.8, 4) is 0 Å². The fraction of sp³-hybridized carbons (Fsp3) is 1.00. The van der Waals surface area contributed by atoms with Crippen LogP contribution in [0.15, 0.2) is 0 Å². The van der Waals surface area contributed by atoms with Crippen LogP contribution in [0.5, 0.6) is 0 Å². The van der Waals surface area contributed by atoms with E-state index in [4.69, 9.17) is 10.5 Å². The van der Waals surface area contributed by atoms with Crippen LogP contribution in [0, 0.1) is 17.8 Å². The molecule has 0 aromatic heterocycles. The number of ether oxygens (including phenoxy) is 1. The van der Waals surface area contributed by atoms with Crippen molar-refractivity contribution in [1.82, 2.24) is 0 Å². The van der Waals surface area contributed by atoms with Crippen molar-refractivity contribution in [2.24, 2.45) is 23.5 Å². The van der Waals surface area contributed by atoms with Gasteiger partial charge in [0, 0.05) is 19.8 Å². The van der Waals surface area contributed by atoms with E-state index in [-0.39, 0.29) is 30.7 Å². The molecular weight excluding hydrogens is 243 g/mol. The Labute approximate surface area is 107 Å². The summed E-state index contributed by atoms with van der Waals surface area (Å²) < 4.78 is 43.2. The molecule has 0 aromatic rings. The van der Waals surface area contributed by atoms with E-state index >= 15 is 0 Å². The first-order valence-electron chi connectivity index (χ1n) is 6.67. The highest BCUT2D eigenvalue weighted by Gasteiger charge is 2.43. The van der Waals surface area contributed by atoms with Crippen molar-refractivity contribution >= 4 is 0 Å². The third-order valence-corrected chi connectivity index (χ3v) is 4.16. The molecule has 5 heteroatoms. The zero-order valence-corrected chi connectivity index (χ0v) is 11.2. The molecule has 0 heterocycles. The summed E-state index contributed by atoms with van der Waals surface area (Å²) in [5.41, 5.74) is 6.12. The van der Waals surface area contributed by atoms with Gasteiger partial charge in [-0.3, -0.25) is 0 Å². The molecule has 0 saturated heterocycles. The summed E-state index contributed by atoms with van der Waals surface area (Å²) in [6, 6.07) is -0.148. The number of rotatable bonds is 5. The first-order chi connectivity index (χ1) is 8.36. The van der Waals surface area contributed by atoms with Crippen molar-refractivity contribution in [2.75, 3.05) is 13.7 Å². The molecule has 0 amide bonds. The van der Waals surface area contributed by atoms with Gasteiger partial charge in [0.2, 0.25) is 0 Å². The lowest BCUT2D eigenvalue weighted by Gasteiger charge is -2.36. The summed E-state index contributed by atoms with van der Waals surface area (Å²) in [5, 5.41) is 0. The minimum Gasteiger partial charge on any atom is -0.385 e. The van der Waals surface area contributed by atoms with Crippen molar-refractivity contribution in [3.05, 3.63) is 0 Å². The quantitative estimate of drug-likeness (QED) is 0.829. The maximum Gasteiger partial charge on any atom is 0.391 e. The van der Waals surface area contributed by atoms with Gasteiger partial charge in [0.05, 0.1) is 5.92 Å². The number of alkyl halides is 3. The third kappa shape index (κ3) is 4.43. The van der Waals surface area contributed by atoms with Crippen LogP contribution in [-0.4, -0.2) is 25.9 Å². The van der Waals surface area contributed by atoms with Gasteiger partial charge < -0.3 is 10.5 Å². The van der Waals surface area contributed by atoms with E-state index in [1.165, 1.54) is 0 Å². The molecule has 0 bridgehead atoms. The summed E-state index contributed by atoms with van der Waals surface area (Å²) in [6.45, 7) is 2.62. The Balaban J connectivity index is 2.50. The highest BCUT2D eigenvalue weighted by Crippen LogP contribution is 2.41. The number of halogens is 3. The minimum absolute atomic E-state index is 0.00256. The largest absolute Gasteiger partial charge is 0.391 e. The van der Waals surface area contributed by atoms with Gasteiger partial charge in [-0.25, -0.2) is 0 Å². The predicted molar refractivity (Wildman–Crippen MR) is 65.1 cm³/mol. The van der Waals surface area contributed by atoms with Gasteiger partial charge in [-0.05, 0) is 37.5 Å². The van der Waals surface area contributed by atoms with Gasteiger partial charge in [-0.1, -0.05) is 13.3 Å². The molecule has 1 fully saturated rings. The topological polar surface area (TPSA) is 35.2 Å². The predicted octanol–water partition coefficient (Wildman–Crippen LogP) is 3.36. The van der Waals surface area contributed by atoms with E-state index < -0.39 is 12.1 Å². The van der Waals surface area contributed by atoms with Crippen LogP contribution in [-0.2, 0) is 4.74 Å². The molecule has 4 atom stereocenters. The summed E-state index contributed by atoms with van der Waals surface area (Å²) in [5.74, 6) is -0.948. The molecule has 108 valence electrons. The molecule has 4 unspecified atom stereocenters. The van der Waals surface area contributed by atoms with Crippen LogP contribution in [0.2, 0.25) is 0 Å². The lowest BCUT2D eigenvalue weighted by atomic mass is 9.74. The number of hydrogen-bond acceptors (Lipinski definition) is 2. The Hall–Kier alpha value is -0.290. The van der Waals surface area contributed by atoms with E-state index in [1.54, 1.807) is 7.11 Å². The summed E-state index contributed by atoms with van der Waals surface area (Å²) >= 11 is 0. The monoisotopic (exact) mass is 267 g/mol. The van der Waals surface area contributed by atoms with Gasteiger partial charge in [-0.2, -0.15) is 13.2 Å². The van der Waals surface area contributed by atoms with Gasteiger partial charge in [0.1, 0.15) is 0 Å². The standard InChI is InChI=1S/C13H24F3NO/c1-9(6-7-18-2)12(17)10-4-3-5-11(8-10)13(14,15)16/h9-12H,3-8,17H2,1-2H3. The Morgan fingerprint density at radius 2 is 2.00 bits per heavy atom. The molecule has 1 aliphatic carbocycles. The zero-order chi connectivity index (χ0) is 13.8. The van der Waals surface area contributed by atoms with E-state index in [1.807, 2.05) is 6.92 Å². The number of methoxy groups -OCH3 is 1. The Kier molecular flexibility index (Phi) is 5.92. The highest BCUT2D eigenvalue weighted by atomic mass is 19.4. The van der Waals surface area contributed by atoms with Crippen molar-refractivity contribution in [1.29, 1.82) is 0 Å². The summed E-state index contributed by atoms with van der Waals surface area (Å²) in [4.78, 5) is 0. The van der Waals surface area contributed by atoms with Crippen LogP contribution in [0.3, 0.4) is 0 Å². The normalized spacial score (nSPS) is 29.0. The number of nitrogens with two attached hydrogens (primary N) is 1. The molecule has 1 aliphatic rings. The molecule has 2 nitrogen and oxygen atoms in total. The number of hydrogen-bond donors (Lipinski definition) is 1. The van der Waals surface area contributed by atoms with E-state index in [9.17, 15) is 13.2 Å².